The number of rotatable bonds is 5. The monoisotopic (exact) mass is 275 g/mol. The van der Waals surface area contributed by atoms with Gasteiger partial charge in [-0.2, -0.15) is 5.10 Å². The summed E-state index contributed by atoms with van der Waals surface area (Å²) in [6, 6.07) is 3.58. The Bertz CT molecular complexity index is 584. The molecule has 2 heterocycles. The van der Waals surface area contributed by atoms with Crippen molar-refractivity contribution in [2.24, 2.45) is 13.0 Å². The van der Waals surface area contributed by atoms with Crippen LogP contribution in [0.15, 0.2) is 18.5 Å². The van der Waals surface area contributed by atoms with Crippen LogP contribution in [0.5, 0.6) is 0 Å². The van der Waals surface area contributed by atoms with Gasteiger partial charge in [-0.1, -0.05) is 20.8 Å². The number of nitrogens with zero attached hydrogens (tertiary/aromatic N) is 3. The number of carbonyl (C=O) groups is 1. The average molecular weight is 275 g/mol. The van der Waals surface area contributed by atoms with Crippen molar-refractivity contribution in [3.63, 3.8) is 0 Å². The van der Waals surface area contributed by atoms with Crippen molar-refractivity contribution in [2.45, 2.75) is 33.2 Å². The third-order valence-corrected chi connectivity index (χ3v) is 3.35. The number of hydrogen-bond donors (Lipinski definition) is 2. The second-order valence-corrected chi connectivity index (χ2v) is 5.19. The molecule has 0 saturated heterocycles. The molecule has 2 N–H and O–H groups in total. The molecule has 2 rings (SSSR count). The van der Waals surface area contributed by atoms with E-state index < -0.39 is 0 Å². The number of aromatic amines is 1. The molecule has 1 amide bonds. The van der Waals surface area contributed by atoms with E-state index in [-0.39, 0.29) is 17.9 Å². The first kappa shape index (κ1) is 14.3. The Balaban J connectivity index is 2.16. The minimum atomic E-state index is -0.164. The Labute approximate surface area is 118 Å². The van der Waals surface area contributed by atoms with Gasteiger partial charge in [0.1, 0.15) is 17.8 Å². The minimum Gasteiger partial charge on any atom is -0.354 e. The summed E-state index contributed by atoms with van der Waals surface area (Å²) in [5, 5.41) is 7.08. The number of amides is 1. The van der Waals surface area contributed by atoms with Gasteiger partial charge in [0, 0.05) is 12.7 Å². The van der Waals surface area contributed by atoms with Crippen molar-refractivity contribution in [1.29, 1.82) is 0 Å². The molecule has 0 aromatic carbocycles. The quantitative estimate of drug-likeness (QED) is 0.874. The predicted molar refractivity (Wildman–Crippen MR) is 76.2 cm³/mol. The van der Waals surface area contributed by atoms with E-state index in [2.05, 4.69) is 20.4 Å². The van der Waals surface area contributed by atoms with Gasteiger partial charge in [-0.15, -0.1) is 0 Å². The summed E-state index contributed by atoms with van der Waals surface area (Å²) in [5.41, 5.74) is 1.63. The number of aromatic nitrogens is 4. The Morgan fingerprint density at radius 3 is 2.70 bits per heavy atom. The highest BCUT2D eigenvalue weighted by atomic mass is 16.2. The number of hydrogen-bond acceptors (Lipinski definition) is 3. The Kier molecular flexibility index (Phi) is 4.22. The lowest BCUT2D eigenvalue weighted by Gasteiger charge is -2.21. The molecule has 2 aromatic heterocycles. The van der Waals surface area contributed by atoms with Gasteiger partial charge >= 0.3 is 0 Å². The van der Waals surface area contributed by atoms with E-state index in [1.54, 1.807) is 4.68 Å². The van der Waals surface area contributed by atoms with Crippen LogP contribution in [0.25, 0.3) is 0 Å². The summed E-state index contributed by atoms with van der Waals surface area (Å²) < 4.78 is 1.69. The molecular formula is C14H21N5O. The van der Waals surface area contributed by atoms with E-state index >= 15 is 0 Å². The van der Waals surface area contributed by atoms with Gasteiger partial charge < -0.3 is 10.3 Å². The van der Waals surface area contributed by atoms with Crippen LogP contribution >= 0.6 is 0 Å². The molecule has 0 fully saturated rings. The fraction of sp³-hybridized carbons (Fsp3) is 0.500. The second kappa shape index (κ2) is 5.90. The van der Waals surface area contributed by atoms with Crippen molar-refractivity contribution >= 4 is 5.91 Å². The fourth-order valence-electron chi connectivity index (χ4n) is 2.11. The van der Waals surface area contributed by atoms with Crippen LogP contribution < -0.4 is 5.32 Å². The van der Waals surface area contributed by atoms with Crippen LogP contribution in [-0.2, 0) is 13.5 Å². The molecule has 6 nitrogen and oxygen atoms in total. The third-order valence-electron chi connectivity index (χ3n) is 3.35. The summed E-state index contributed by atoms with van der Waals surface area (Å²) in [4.78, 5) is 19.6. The highest BCUT2D eigenvalue weighted by molar-refractivity contribution is 5.92. The van der Waals surface area contributed by atoms with E-state index in [0.717, 1.165) is 17.9 Å². The zero-order valence-electron chi connectivity index (χ0n) is 12.3. The van der Waals surface area contributed by atoms with Crippen molar-refractivity contribution in [3.8, 4) is 0 Å². The van der Waals surface area contributed by atoms with Gasteiger partial charge in [-0.3, -0.25) is 9.48 Å². The maximum Gasteiger partial charge on any atom is 0.268 e. The molecule has 0 radical (unpaired) electrons. The highest BCUT2D eigenvalue weighted by Gasteiger charge is 2.23. The number of aryl methyl sites for hydroxylation is 2. The SMILES string of the molecule is CCc1ccc(C(=O)N[C@@H](c2ncnn2C)C(C)C)[nH]1. The lowest BCUT2D eigenvalue weighted by atomic mass is 10.0. The van der Waals surface area contributed by atoms with Gasteiger partial charge in [0.25, 0.3) is 5.91 Å². The minimum absolute atomic E-state index is 0.119. The highest BCUT2D eigenvalue weighted by Crippen LogP contribution is 2.19. The van der Waals surface area contributed by atoms with Gasteiger partial charge in [0.05, 0.1) is 6.04 Å². The lowest BCUT2D eigenvalue weighted by Crippen LogP contribution is -2.33. The van der Waals surface area contributed by atoms with E-state index in [4.69, 9.17) is 0 Å². The number of carbonyl (C=O) groups excluding carboxylic acids is 1. The van der Waals surface area contributed by atoms with E-state index in [1.807, 2.05) is 40.0 Å². The third kappa shape index (κ3) is 2.89. The zero-order chi connectivity index (χ0) is 14.7. The molecule has 0 aliphatic heterocycles. The van der Waals surface area contributed by atoms with Crippen LogP contribution in [0, 0.1) is 5.92 Å². The predicted octanol–water partition coefficient (Wildman–Crippen LogP) is 1.83. The standard InChI is InChI=1S/C14H21N5O/c1-5-10-6-7-11(17-10)14(20)18-12(9(2)3)13-15-8-16-19(13)4/h6-9,12,17H,5H2,1-4H3,(H,18,20)/t12-/m1/s1. The average Bonchev–Trinajstić information content (AvgIpc) is 3.04. The van der Waals surface area contributed by atoms with Gasteiger partial charge in [0.2, 0.25) is 0 Å². The van der Waals surface area contributed by atoms with Gasteiger partial charge in [-0.25, -0.2) is 4.98 Å². The molecule has 20 heavy (non-hydrogen) atoms. The first-order valence-corrected chi connectivity index (χ1v) is 6.85. The number of nitrogens with one attached hydrogen (secondary N) is 2. The summed E-state index contributed by atoms with van der Waals surface area (Å²) in [7, 11) is 1.83. The summed E-state index contributed by atoms with van der Waals surface area (Å²) in [6.45, 7) is 6.14. The molecule has 0 bridgehead atoms. The van der Waals surface area contributed by atoms with Gasteiger partial charge in [0.15, 0.2) is 0 Å². The summed E-state index contributed by atoms with van der Waals surface area (Å²) >= 11 is 0. The molecule has 0 spiro atoms. The molecule has 1 atom stereocenters. The molecule has 0 aliphatic rings. The molecule has 0 unspecified atom stereocenters. The maximum atomic E-state index is 12.3. The van der Waals surface area contributed by atoms with E-state index in [1.165, 1.54) is 6.33 Å². The van der Waals surface area contributed by atoms with E-state index in [9.17, 15) is 4.79 Å². The molecule has 0 saturated carbocycles. The summed E-state index contributed by atoms with van der Waals surface area (Å²) in [5.74, 6) is 0.865. The molecule has 108 valence electrons. The van der Waals surface area contributed by atoms with Crippen molar-refractivity contribution < 1.29 is 4.79 Å². The second-order valence-electron chi connectivity index (χ2n) is 5.19. The largest absolute Gasteiger partial charge is 0.354 e. The molecule has 6 heteroatoms. The normalized spacial score (nSPS) is 12.7. The lowest BCUT2D eigenvalue weighted by molar-refractivity contribution is 0.0917. The molecular weight excluding hydrogens is 254 g/mol. The Morgan fingerprint density at radius 1 is 1.45 bits per heavy atom. The smallest absolute Gasteiger partial charge is 0.268 e. The fourth-order valence-corrected chi connectivity index (χ4v) is 2.11. The molecule has 2 aromatic rings. The van der Waals surface area contributed by atoms with E-state index in [0.29, 0.717) is 5.69 Å². The van der Waals surface area contributed by atoms with Gasteiger partial charge in [-0.05, 0) is 24.5 Å². The van der Waals surface area contributed by atoms with Crippen LogP contribution in [0.2, 0.25) is 0 Å². The van der Waals surface area contributed by atoms with Crippen molar-refractivity contribution in [2.75, 3.05) is 0 Å². The first-order chi connectivity index (χ1) is 9.52. The van der Waals surface area contributed by atoms with Crippen LogP contribution in [-0.4, -0.2) is 25.7 Å². The molecule has 0 aliphatic carbocycles. The first-order valence-electron chi connectivity index (χ1n) is 6.85. The van der Waals surface area contributed by atoms with Crippen LogP contribution in [0.1, 0.15) is 48.8 Å². The Morgan fingerprint density at radius 2 is 2.20 bits per heavy atom. The van der Waals surface area contributed by atoms with Crippen LogP contribution in [0.3, 0.4) is 0 Å². The Hall–Kier alpha value is -2.11. The van der Waals surface area contributed by atoms with Crippen molar-refractivity contribution in [3.05, 3.63) is 35.7 Å². The zero-order valence-corrected chi connectivity index (χ0v) is 12.3. The van der Waals surface area contributed by atoms with Crippen molar-refractivity contribution in [1.82, 2.24) is 25.1 Å². The number of H-pyrrole nitrogens is 1. The topological polar surface area (TPSA) is 75.6 Å². The van der Waals surface area contributed by atoms with Crippen LogP contribution in [0.4, 0.5) is 0 Å². The summed E-state index contributed by atoms with van der Waals surface area (Å²) in [6.07, 6.45) is 2.38. The maximum absolute atomic E-state index is 12.3.